The van der Waals surface area contributed by atoms with E-state index in [1.807, 2.05) is 12.1 Å². The van der Waals surface area contributed by atoms with Crippen LogP contribution in [0.5, 0.6) is 17.2 Å². The van der Waals surface area contributed by atoms with Crippen LogP contribution in [0.2, 0.25) is 18.1 Å². The fourth-order valence-corrected chi connectivity index (χ4v) is 5.51. The standard InChI is InChI=1S/C25H38O6Si/c1-25(2,3)32(7,8)31-20-12-9-15-13-21(28-4)23(29-5)24(30-6)22(15)17-14-19(27)18(26)11-10-16(17)20/h10,13-14,18-20,26-27H,9,11-12H2,1-8H3/t18-,19+,20-/m1/s1. The molecule has 3 atom stereocenters. The first-order chi connectivity index (χ1) is 14.9. The molecule has 2 N–H and O–H groups in total. The molecule has 0 saturated heterocycles. The lowest BCUT2D eigenvalue weighted by atomic mass is 9.92. The molecule has 0 saturated carbocycles. The highest BCUT2D eigenvalue weighted by Gasteiger charge is 2.42. The van der Waals surface area contributed by atoms with Crippen molar-refractivity contribution < 1.29 is 28.8 Å². The predicted molar refractivity (Wildman–Crippen MR) is 129 cm³/mol. The van der Waals surface area contributed by atoms with Gasteiger partial charge >= 0.3 is 0 Å². The minimum atomic E-state index is -2.08. The maximum Gasteiger partial charge on any atom is 0.203 e. The van der Waals surface area contributed by atoms with E-state index in [4.69, 9.17) is 18.6 Å². The average Bonchev–Trinajstić information content (AvgIpc) is 2.95. The van der Waals surface area contributed by atoms with Crippen molar-refractivity contribution in [2.24, 2.45) is 0 Å². The van der Waals surface area contributed by atoms with Crippen LogP contribution in [-0.4, -0.2) is 58.2 Å². The average molecular weight is 463 g/mol. The maximum atomic E-state index is 10.7. The summed E-state index contributed by atoms with van der Waals surface area (Å²) in [6.07, 6.45) is 3.67. The smallest absolute Gasteiger partial charge is 0.203 e. The number of fused-ring (bicyclic) bond motifs is 3. The van der Waals surface area contributed by atoms with Crippen LogP contribution in [0, 0.1) is 0 Å². The quantitative estimate of drug-likeness (QED) is 0.628. The molecule has 0 radical (unpaired) electrons. The van der Waals surface area contributed by atoms with Crippen molar-refractivity contribution in [2.45, 2.75) is 76.5 Å². The summed E-state index contributed by atoms with van der Waals surface area (Å²) in [5, 5.41) is 21.2. The molecule has 3 rings (SSSR count). The summed E-state index contributed by atoms with van der Waals surface area (Å²) in [5.41, 5.74) is 3.74. The zero-order chi connectivity index (χ0) is 23.8. The minimum Gasteiger partial charge on any atom is -0.493 e. The summed E-state index contributed by atoms with van der Waals surface area (Å²) in [5.74, 6) is 1.68. The van der Waals surface area contributed by atoms with E-state index in [0.717, 1.165) is 35.1 Å². The topological polar surface area (TPSA) is 77.4 Å². The summed E-state index contributed by atoms with van der Waals surface area (Å²) in [4.78, 5) is 0. The van der Waals surface area contributed by atoms with Crippen molar-refractivity contribution >= 4 is 13.9 Å². The molecule has 0 aromatic heterocycles. The predicted octanol–water partition coefficient (Wildman–Crippen LogP) is 4.48. The van der Waals surface area contributed by atoms with Crippen LogP contribution in [0.1, 0.15) is 44.7 Å². The Morgan fingerprint density at radius 3 is 2.22 bits per heavy atom. The maximum absolute atomic E-state index is 10.7. The number of rotatable bonds is 5. The van der Waals surface area contributed by atoms with Gasteiger partial charge in [-0.3, -0.25) is 0 Å². The van der Waals surface area contributed by atoms with Gasteiger partial charge in [-0.25, -0.2) is 0 Å². The first-order valence-electron chi connectivity index (χ1n) is 11.2. The van der Waals surface area contributed by atoms with Crippen LogP contribution in [0.15, 0.2) is 23.8 Å². The van der Waals surface area contributed by atoms with Gasteiger partial charge in [-0.15, -0.1) is 0 Å². The van der Waals surface area contributed by atoms with Crippen LogP contribution in [0.3, 0.4) is 0 Å². The number of hydrogen-bond donors (Lipinski definition) is 2. The molecule has 6 nitrogen and oxygen atoms in total. The Labute approximate surface area is 193 Å². The van der Waals surface area contributed by atoms with E-state index in [2.05, 4.69) is 33.9 Å². The number of aliphatic hydroxyl groups is 2. The first-order valence-corrected chi connectivity index (χ1v) is 14.1. The van der Waals surface area contributed by atoms with Gasteiger partial charge < -0.3 is 28.8 Å². The fourth-order valence-electron chi connectivity index (χ4n) is 4.20. The van der Waals surface area contributed by atoms with E-state index in [9.17, 15) is 10.2 Å². The molecule has 0 fully saturated rings. The van der Waals surface area contributed by atoms with Crippen molar-refractivity contribution in [1.29, 1.82) is 0 Å². The van der Waals surface area contributed by atoms with E-state index in [-0.39, 0.29) is 11.1 Å². The number of ether oxygens (including phenoxy) is 3. The number of aryl methyl sites for hydroxylation is 1. The molecular weight excluding hydrogens is 424 g/mol. The van der Waals surface area contributed by atoms with Gasteiger partial charge in [0.25, 0.3) is 0 Å². The van der Waals surface area contributed by atoms with Gasteiger partial charge in [0.1, 0.15) is 0 Å². The molecule has 1 aromatic carbocycles. The molecule has 2 aliphatic rings. The molecule has 0 heterocycles. The van der Waals surface area contributed by atoms with Crippen LogP contribution < -0.4 is 14.2 Å². The number of hydrogen-bond acceptors (Lipinski definition) is 6. The molecule has 7 heteroatoms. The largest absolute Gasteiger partial charge is 0.493 e. The van der Waals surface area contributed by atoms with E-state index in [0.29, 0.717) is 23.7 Å². The van der Waals surface area contributed by atoms with Gasteiger partial charge in [0.05, 0.1) is 39.6 Å². The molecule has 0 amide bonds. The zero-order valence-corrected chi connectivity index (χ0v) is 21.6. The Morgan fingerprint density at radius 2 is 1.66 bits per heavy atom. The summed E-state index contributed by atoms with van der Waals surface area (Å²) in [7, 11) is 2.73. The third-order valence-corrected chi connectivity index (χ3v) is 11.6. The zero-order valence-electron chi connectivity index (χ0n) is 20.6. The number of methoxy groups -OCH3 is 3. The minimum absolute atomic E-state index is 0.0600. The van der Waals surface area contributed by atoms with Crippen molar-refractivity contribution in [3.8, 4) is 17.2 Å². The monoisotopic (exact) mass is 462 g/mol. The highest BCUT2D eigenvalue weighted by atomic mass is 28.4. The number of aliphatic hydroxyl groups excluding tert-OH is 2. The van der Waals surface area contributed by atoms with Gasteiger partial charge in [0.2, 0.25) is 5.75 Å². The molecule has 2 aliphatic carbocycles. The second-order valence-electron chi connectivity index (χ2n) is 10.1. The highest BCUT2D eigenvalue weighted by molar-refractivity contribution is 6.74. The van der Waals surface area contributed by atoms with Crippen LogP contribution in [0.4, 0.5) is 0 Å². The third kappa shape index (κ3) is 4.48. The summed E-state index contributed by atoms with van der Waals surface area (Å²) in [6.45, 7) is 11.2. The Bertz CT molecular complexity index is 912. The fraction of sp³-hybridized carbons (Fsp3) is 0.600. The molecule has 1 aromatic rings. The van der Waals surface area contributed by atoms with Gasteiger partial charge in [0.15, 0.2) is 19.8 Å². The van der Waals surface area contributed by atoms with Crippen LogP contribution in [0.25, 0.3) is 5.57 Å². The molecular formula is C25H38O6Si. The lowest BCUT2D eigenvalue weighted by molar-refractivity contribution is 0.0519. The lowest BCUT2D eigenvalue weighted by Crippen LogP contribution is -2.44. The van der Waals surface area contributed by atoms with Gasteiger partial charge in [-0.1, -0.05) is 26.8 Å². The summed E-state index contributed by atoms with van der Waals surface area (Å²) >= 11 is 0. The van der Waals surface area contributed by atoms with E-state index in [1.165, 1.54) is 0 Å². The van der Waals surface area contributed by atoms with Crippen LogP contribution in [-0.2, 0) is 10.8 Å². The van der Waals surface area contributed by atoms with E-state index >= 15 is 0 Å². The van der Waals surface area contributed by atoms with E-state index in [1.54, 1.807) is 27.4 Å². The van der Waals surface area contributed by atoms with Gasteiger partial charge in [-0.2, -0.15) is 0 Å². The third-order valence-electron chi connectivity index (χ3n) is 7.07. The van der Waals surface area contributed by atoms with Crippen molar-refractivity contribution in [3.63, 3.8) is 0 Å². The molecule has 0 bridgehead atoms. The molecule has 32 heavy (non-hydrogen) atoms. The molecule has 0 spiro atoms. The summed E-state index contributed by atoms with van der Waals surface area (Å²) < 4.78 is 24.0. The number of benzene rings is 1. The van der Waals surface area contributed by atoms with Crippen LogP contribution >= 0.6 is 0 Å². The SMILES string of the molecule is COc1cc2c(c(OC)c1OC)C1=C[C@H](O)[C@H](O)CC=C1[C@H](O[Si](C)(C)C(C)(C)C)CC2. The molecule has 178 valence electrons. The lowest BCUT2D eigenvalue weighted by Gasteiger charge is -2.40. The summed E-state index contributed by atoms with van der Waals surface area (Å²) in [6, 6.07) is 1.98. The Morgan fingerprint density at radius 1 is 1.00 bits per heavy atom. The Kier molecular flexibility index (Phi) is 7.15. The molecule has 0 aliphatic heterocycles. The second kappa shape index (κ2) is 9.21. The normalized spacial score (nSPS) is 23.8. The molecule has 0 unspecified atom stereocenters. The van der Waals surface area contributed by atoms with Crippen molar-refractivity contribution in [3.05, 3.63) is 34.9 Å². The van der Waals surface area contributed by atoms with E-state index < -0.39 is 20.5 Å². The Hall–Kier alpha value is -1.80. The van der Waals surface area contributed by atoms with Gasteiger partial charge in [0, 0.05) is 5.56 Å². The Balaban J connectivity index is 2.24. The second-order valence-corrected chi connectivity index (χ2v) is 14.9. The first kappa shape index (κ1) is 24.8. The highest BCUT2D eigenvalue weighted by Crippen LogP contribution is 2.50. The van der Waals surface area contributed by atoms with Gasteiger partial charge in [-0.05, 0) is 66.2 Å². The van der Waals surface area contributed by atoms with Crippen molar-refractivity contribution in [2.75, 3.05) is 21.3 Å². The van der Waals surface area contributed by atoms with Crippen molar-refractivity contribution in [1.82, 2.24) is 0 Å².